The monoisotopic (exact) mass is 353 g/mol. The molecule has 5 atom stereocenters. The van der Waals surface area contributed by atoms with Crippen LogP contribution in [0.5, 0.6) is 0 Å². The largest absolute Gasteiger partial charge is 0.396 e. The summed E-state index contributed by atoms with van der Waals surface area (Å²) in [7, 11) is 0. The lowest BCUT2D eigenvalue weighted by Crippen LogP contribution is -2.33. The summed E-state index contributed by atoms with van der Waals surface area (Å²) in [6.07, 6.45) is 1.05. The Morgan fingerprint density at radius 3 is 3.04 bits per heavy atom. The lowest BCUT2D eigenvalue weighted by atomic mass is 10.0. The van der Waals surface area contributed by atoms with Crippen molar-refractivity contribution in [3.8, 4) is 0 Å². The molecule has 9 heteroatoms. The zero-order valence-corrected chi connectivity index (χ0v) is 13.9. The van der Waals surface area contributed by atoms with Gasteiger partial charge in [-0.25, -0.2) is 4.98 Å². The number of imidazole rings is 1. The third-order valence-electron chi connectivity index (χ3n) is 5.40. The summed E-state index contributed by atoms with van der Waals surface area (Å²) in [5.41, 5.74) is 5.76. The van der Waals surface area contributed by atoms with Gasteiger partial charge in [0.1, 0.15) is 11.6 Å². The van der Waals surface area contributed by atoms with Crippen LogP contribution in [0.4, 0.5) is 5.82 Å². The maximum Gasteiger partial charge on any atom is 0.226 e. The van der Waals surface area contributed by atoms with Crippen molar-refractivity contribution in [2.45, 2.75) is 44.3 Å². The minimum Gasteiger partial charge on any atom is -0.396 e. The van der Waals surface area contributed by atoms with Crippen LogP contribution in [-0.4, -0.2) is 49.2 Å². The molecule has 2 aromatic heterocycles. The Morgan fingerprint density at radius 1 is 1.50 bits per heavy atom. The molecule has 3 heterocycles. The van der Waals surface area contributed by atoms with Gasteiger partial charge in [-0.1, -0.05) is 0 Å². The predicted octanol–water partition coefficient (Wildman–Crippen LogP) is 1.14. The second-order valence-electron chi connectivity index (χ2n) is 7.18. The third kappa shape index (κ3) is 1.72. The number of nitrogens with zero attached hydrogens (tertiary/aromatic N) is 4. The van der Waals surface area contributed by atoms with Gasteiger partial charge in [-0.3, -0.25) is 0 Å². The van der Waals surface area contributed by atoms with Crippen molar-refractivity contribution in [3.63, 3.8) is 0 Å². The van der Waals surface area contributed by atoms with Crippen molar-refractivity contribution in [2.24, 2.45) is 11.3 Å². The summed E-state index contributed by atoms with van der Waals surface area (Å²) in [6.45, 7) is 1.17. The number of anilines is 1. The number of aromatic nitrogens is 4. The number of hydrogen-bond acceptors (Lipinski definition) is 7. The van der Waals surface area contributed by atoms with Gasteiger partial charge in [-0.05, 0) is 37.8 Å². The van der Waals surface area contributed by atoms with E-state index in [-0.39, 0.29) is 23.1 Å². The molecule has 2 aliphatic carbocycles. The minimum absolute atomic E-state index is 0.00904. The van der Waals surface area contributed by atoms with Gasteiger partial charge in [-0.2, -0.15) is 9.97 Å². The molecule has 2 saturated carbocycles. The number of ether oxygens (including phenoxy) is 2. The molecule has 0 bridgehead atoms. The molecule has 3 N–H and O–H groups in total. The molecular weight excluding hydrogens is 334 g/mol. The van der Waals surface area contributed by atoms with Crippen LogP contribution in [0.25, 0.3) is 11.2 Å². The molecule has 8 nitrogen and oxygen atoms in total. The number of hydrogen-bond donors (Lipinski definition) is 2. The van der Waals surface area contributed by atoms with E-state index in [1.165, 1.54) is 0 Å². The van der Waals surface area contributed by atoms with Crippen LogP contribution in [0, 0.1) is 11.3 Å². The van der Waals surface area contributed by atoms with Crippen LogP contribution < -0.4 is 5.73 Å². The summed E-state index contributed by atoms with van der Waals surface area (Å²) >= 11 is 5.96. The smallest absolute Gasteiger partial charge is 0.226 e. The molecule has 3 fully saturated rings. The molecule has 0 aromatic carbocycles. The lowest BCUT2D eigenvalue weighted by molar-refractivity contribution is -0.163. The zero-order valence-electron chi connectivity index (χ0n) is 15.1. The predicted molar refractivity (Wildman–Crippen MR) is 85.2 cm³/mol. The van der Waals surface area contributed by atoms with Crippen LogP contribution in [0.15, 0.2) is 6.33 Å². The fourth-order valence-corrected chi connectivity index (χ4v) is 4.57. The molecule has 0 spiro atoms. The molecule has 3 aliphatic rings. The number of fused-ring (bicyclic) bond motifs is 4. The molecule has 1 aliphatic heterocycles. The number of rotatable bonds is 2. The van der Waals surface area contributed by atoms with E-state index in [1.54, 1.807) is 24.7 Å². The first-order valence-corrected chi connectivity index (χ1v) is 8.16. The molecule has 0 unspecified atom stereocenters. The number of aliphatic hydroxyl groups is 1. The summed E-state index contributed by atoms with van der Waals surface area (Å²) in [6, 6.07) is -0.306. The summed E-state index contributed by atoms with van der Waals surface area (Å²) in [4.78, 5) is 12.5. The first-order valence-electron chi connectivity index (χ1n) is 8.79. The Hall–Kier alpha value is -1.48. The first kappa shape index (κ1) is 12.8. The molecule has 5 rings (SSSR count). The second-order valence-corrected chi connectivity index (χ2v) is 7.51. The van der Waals surface area contributed by atoms with Crippen molar-refractivity contribution < 1.29 is 17.3 Å². The van der Waals surface area contributed by atoms with E-state index < -0.39 is 30.0 Å². The fraction of sp³-hybridized carbons (Fsp3) is 0.667. The molecule has 24 heavy (non-hydrogen) atoms. The Morgan fingerprint density at radius 2 is 2.29 bits per heavy atom. The Bertz CT molecular complexity index is 932. The van der Waals surface area contributed by atoms with Gasteiger partial charge in [0, 0.05) is 5.41 Å². The number of nitrogen functional groups attached to an aromatic ring is 1. The van der Waals surface area contributed by atoms with Gasteiger partial charge in [0.05, 0.1) is 27.8 Å². The molecule has 0 amide bonds. The van der Waals surface area contributed by atoms with Gasteiger partial charge in [0.25, 0.3) is 0 Å². The lowest BCUT2D eigenvalue weighted by Gasteiger charge is -2.24. The molecule has 2 aromatic rings. The van der Waals surface area contributed by atoms with Crippen molar-refractivity contribution in [1.29, 1.82) is 0 Å². The maximum atomic E-state index is 10.3. The van der Waals surface area contributed by atoms with Crippen molar-refractivity contribution in [1.82, 2.24) is 19.5 Å². The highest BCUT2D eigenvalue weighted by atomic mass is 35.5. The van der Waals surface area contributed by atoms with Crippen LogP contribution >= 0.6 is 11.6 Å². The van der Waals surface area contributed by atoms with E-state index in [0.29, 0.717) is 17.6 Å². The Balaban J connectivity index is 1.67. The normalized spacial score (nSPS) is 41.0. The standard InChI is InChI=1S/C15H18ClN5O3/c1-14(2)23-9-8(6-3-15(6,4-22)10(9)24-14)21-5-18-7-11(17)19-13(16)20-12(7)21/h5-6,8-10,22H,3-4H2,1-2H3,(H2,17,19,20)/t6-,8-,9+,10+,15-/m1/s1/i4D2. The molecule has 0 radical (unpaired) electrons. The van der Waals surface area contributed by atoms with Crippen molar-refractivity contribution in [3.05, 3.63) is 11.6 Å². The summed E-state index contributed by atoms with van der Waals surface area (Å²) < 4.78 is 29.9. The SMILES string of the molecule is [2H]C([2H])(O)[C@]12C[C@@H]1[C@@H](n1cnc3c(N)nc(Cl)nc31)[C@@H]1OC(C)(C)O[C@@H]12. The van der Waals surface area contributed by atoms with E-state index >= 15 is 0 Å². The highest BCUT2D eigenvalue weighted by Crippen LogP contribution is 2.71. The van der Waals surface area contributed by atoms with E-state index in [1.807, 2.05) is 0 Å². The second kappa shape index (κ2) is 4.37. The Labute approximate surface area is 145 Å². The average molecular weight is 354 g/mol. The van der Waals surface area contributed by atoms with Crippen LogP contribution in [-0.2, 0) is 9.47 Å². The van der Waals surface area contributed by atoms with Gasteiger partial charge < -0.3 is 24.9 Å². The third-order valence-corrected chi connectivity index (χ3v) is 5.56. The fourth-order valence-electron chi connectivity index (χ4n) is 4.40. The van der Waals surface area contributed by atoms with Crippen molar-refractivity contribution >= 4 is 28.6 Å². The van der Waals surface area contributed by atoms with Gasteiger partial charge >= 0.3 is 0 Å². The van der Waals surface area contributed by atoms with Gasteiger partial charge in [0.15, 0.2) is 17.3 Å². The van der Waals surface area contributed by atoms with Crippen LogP contribution in [0.2, 0.25) is 5.28 Å². The van der Waals surface area contributed by atoms with E-state index in [0.717, 1.165) is 0 Å². The average Bonchev–Trinajstić information content (AvgIpc) is 2.84. The molecule has 1 saturated heterocycles. The highest BCUT2D eigenvalue weighted by molar-refractivity contribution is 6.28. The van der Waals surface area contributed by atoms with Gasteiger partial charge in [-0.15, -0.1) is 0 Å². The van der Waals surface area contributed by atoms with E-state index in [9.17, 15) is 5.11 Å². The van der Waals surface area contributed by atoms with E-state index in [4.69, 9.17) is 29.5 Å². The zero-order chi connectivity index (χ0) is 18.6. The summed E-state index contributed by atoms with van der Waals surface area (Å²) in [5, 5.41) is 10.3. The quantitative estimate of drug-likeness (QED) is 0.779. The molecular formula is C15H18ClN5O3. The van der Waals surface area contributed by atoms with E-state index in [2.05, 4.69) is 15.0 Å². The van der Waals surface area contributed by atoms with Gasteiger partial charge in [0.2, 0.25) is 5.28 Å². The maximum absolute atomic E-state index is 10.3. The van der Waals surface area contributed by atoms with Crippen molar-refractivity contribution in [2.75, 3.05) is 12.3 Å². The number of halogens is 1. The first-order chi connectivity index (χ1) is 12.1. The topological polar surface area (TPSA) is 108 Å². The minimum atomic E-state index is -2.39. The molecule has 128 valence electrons. The highest BCUT2D eigenvalue weighted by Gasteiger charge is 2.75. The van der Waals surface area contributed by atoms with Crippen LogP contribution in [0.3, 0.4) is 0 Å². The number of nitrogens with two attached hydrogens (primary N) is 1. The van der Waals surface area contributed by atoms with Crippen LogP contribution in [0.1, 0.15) is 29.1 Å². The Kier molecular flexibility index (Phi) is 2.34. The summed E-state index contributed by atoms with van der Waals surface area (Å²) in [5.74, 6) is -0.876.